The zero-order valence-electron chi connectivity index (χ0n) is 14.0. The first kappa shape index (κ1) is 17.7. The number of tetrazole rings is 1. The second-order valence-corrected chi connectivity index (χ2v) is 5.94. The molecule has 1 unspecified atom stereocenters. The number of nitrogens with one attached hydrogen (secondary N) is 2. The van der Waals surface area contributed by atoms with Gasteiger partial charge >= 0.3 is 0 Å². The van der Waals surface area contributed by atoms with Crippen molar-refractivity contribution in [2.75, 3.05) is 0 Å². The van der Waals surface area contributed by atoms with Crippen LogP contribution in [0.2, 0.25) is 0 Å². The third kappa shape index (κ3) is 4.29. The van der Waals surface area contributed by atoms with Crippen LogP contribution in [0.25, 0.3) is 0 Å². The minimum atomic E-state index is -1.36. The number of benzene rings is 2. The van der Waals surface area contributed by atoms with E-state index < -0.39 is 24.1 Å². The van der Waals surface area contributed by atoms with E-state index in [1.807, 2.05) is 60.7 Å². The van der Waals surface area contributed by atoms with Gasteiger partial charge in [-0.1, -0.05) is 60.7 Å². The van der Waals surface area contributed by atoms with Crippen LogP contribution in [0.5, 0.6) is 0 Å². The van der Waals surface area contributed by atoms with Crippen molar-refractivity contribution < 1.29 is 9.90 Å². The van der Waals surface area contributed by atoms with Crippen molar-refractivity contribution in [3.8, 4) is 0 Å². The maximum Gasteiger partial charge on any atom is 0.251 e. The van der Waals surface area contributed by atoms with Crippen molar-refractivity contribution >= 4 is 5.91 Å². The first-order valence-electron chi connectivity index (χ1n) is 8.21. The predicted molar refractivity (Wildman–Crippen MR) is 94.7 cm³/mol. The molecule has 134 valence electrons. The third-order valence-electron chi connectivity index (χ3n) is 4.04. The number of H-pyrrole nitrogens is 1. The number of nitrogens with zero attached hydrogens (tertiary/aromatic N) is 3. The molecular formula is C18H20N6O2. The van der Waals surface area contributed by atoms with E-state index in [1.54, 1.807) is 0 Å². The Morgan fingerprint density at radius 3 is 2.38 bits per heavy atom. The molecule has 1 heterocycles. The Bertz CT molecular complexity index is 810. The number of aliphatic hydroxyl groups excluding tert-OH is 1. The number of hydrogen-bond acceptors (Lipinski definition) is 6. The number of aromatic nitrogens is 4. The van der Waals surface area contributed by atoms with Gasteiger partial charge in [0.2, 0.25) is 0 Å². The summed E-state index contributed by atoms with van der Waals surface area (Å²) in [6.45, 7) is 0. The van der Waals surface area contributed by atoms with Gasteiger partial charge in [-0.3, -0.25) is 4.79 Å². The smallest absolute Gasteiger partial charge is 0.251 e. The van der Waals surface area contributed by atoms with Gasteiger partial charge in [-0.15, -0.1) is 5.10 Å². The second kappa shape index (κ2) is 8.32. The van der Waals surface area contributed by atoms with Crippen molar-refractivity contribution in [2.45, 2.75) is 24.6 Å². The summed E-state index contributed by atoms with van der Waals surface area (Å²) >= 11 is 0. The van der Waals surface area contributed by atoms with Crippen LogP contribution in [0, 0.1) is 0 Å². The first-order chi connectivity index (χ1) is 12.6. The van der Waals surface area contributed by atoms with E-state index in [4.69, 9.17) is 5.73 Å². The molecule has 3 rings (SSSR count). The zero-order chi connectivity index (χ0) is 18.4. The highest BCUT2D eigenvalue weighted by Crippen LogP contribution is 2.18. The second-order valence-electron chi connectivity index (χ2n) is 5.94. The largest absolute Gasteiger partial charge is 0.382 e. The SMILES string of the molecule is N[C@H](Cc1ccccc1)[C@H](O)C(=O)NC(c1ccccc1)c1nnn[nH]1. The minimum absolute atomic E-state index is 0.369. The van der Waals surface area contributed by atoms with Crippen molar-refractivity contribution in [2.24, 2.45) is 5.73 Å². The van der Waals surface area contributed by atoms with Gasteiger partial charge in [-0.2, -0.15) is 0 Å². The summed E-state index contributed by atoms with van der Waals surface area (Å²) < 4.78 is 0. The predicted octanol–water partition coefficient (Wildman–Crippen LogP) is 0.336. The van der Waals surface area contributed by atoms with Crippen molar-refractivity contribution in [1.82, 2.24) is 25.9 Å². The standard InChI is InChI=1S/C18H20N6O2/c19-14(11-12-7-3-1-4-8-12)16(25)18(26)20-15(17-21-23-24-22-17)13-9-5-2-6-10-13/h1-10,14-16,25H,11,19H2,(H,20,26)(H,21,22,23,24)/t14-,15?,16+/m1/s1. The third-order valence-corrected chi connectivity index (χ3v) is 4.04. The van der Waals surface area contributed by atoms with Crippen LogP contribution in [-0.2, 0) is 11.2 Å². The molecule has 3 aromatic rings. The van der Waals surface area contributed by atoms with Crippen molar-refractivity contribution in [1.29, 1.82) is 0 Å². The van der Waals surface area contributed by atoms with Crippen LogP contribution in [-0.4, -0.2) is 43.8 Å². The highest BCUT2D eigenvalue weighted by Gasteiger charge is 2.27. The molecule has 0 aliphatic rings. The fourth-order valence-electron chi connectivity index (χ4n) is 2.66. The molecule has 1 amide bonds. The molecule has 2 aromatic carbocycles. The van der Waals surface area contributed by atoms with E-state index in [2.05, 4.69) is 25.9 Å². The topological polar surface area (TPSA) is 130 Å². The maximum absolute atomic E-state index is 12.5. The molecule has 0 spiro atoms. The fourth-order valence-corrected chi connectivity index (χ4v) is 2.66. The molecule has 0 aliphatic heterocycles. The lowest BCUT2D eigenvalue weighted by Crippen LogP contribution is -2.48. The van der Waals surface area contributed by atoms with Gasteiger partial charge in [-0.25, -0.2) is 5.10 Å². The molecule has 1 aromatic heterocycles. The Morgan fingerprint density at radius 1 is 1.12 bits per heavy atom. The molecule has 26 heavy (non-hydrogen) atoms. The first-order valence-corrected chi connectivity index (χ1v) is 8.21. The number of carbonyl (C=O) groups excluding carboxylic acids is 1. The van der Waals surface area contributed by atoms with Gasteiger partial charge < -0.3 is 16.2 Å². The molecule has 0 saturated heterocycles. The molecule has 0 aliphatic carbocycles. The van der Waals surface area contributed by atoms with Crippen LogP contribution in [0.4, 0.5) is 0 Å². The number of carbonyl (C=O) groups is 1. The quantitative estimate of drug-likeness (QED) is 0.485. The van der Waals surface area contributed by atoms with Crippen molar-refractivity contribution in [3.05, 3.63) is 77.6 Å². The number of nitrogens with two attached hydrogens (primary N) is 1. The lowest BCUT2D eigenvalue weighted by Gasteiger charge is -2.22. The van der Waals surface area contributed by atoms with Gasteiger partial charge in [0.05, 0.1) is 0 Å². The lowest BCUT2D eigenvalue weighted by molar-refractivity contribution is -0.130. The monoisotopic (exact) mass is 352 g/mol. The summed E-state index contributed by atoms with van der Waals surface area (Å²) in [4.78, 5) is 12.5. The maximum atomic E-state index is 12.5. The number of aliphatic hydroxyl groups is 1. The van der Waals surface area contributed by atoms with Gasteiger partial charge in [-0.05, 0) is 28.0 Å². The van der Waals surface area contributed by atoms with E-state index in [9.17, 15) is 9.90 Å². The van der Waals surface area contributed by atoms with Crippen LogP contribution >= 0.6 is 0 Å². The molecule has 0 bridgehead atoms. The van der Waals surface area contributed by atoms with Crippen LogP contribution in [0.1, 0.15) is 23.0 Å². The summed E-state index contributed by atoms with van der Waals surface area (Å²) in [6, 6.07) is 17.3. The molecular weight excluding hydrogens is 332 g/mol. The molecule has 0 fully saturated rings. The Kier molecular flexibility index (Phi) is 5.67. The number of aromatic amines is 1. The molecule has 8 nitrogen and oxygen atoms in total. The summed E-state index contributed by atoms with van der Waals surface area (Å²) in [5, 5.41) is 26.7. The van der Waals surface area contributed by atoms with Crippen LogP contribution in [0.3, 0.4) is 0 Å². The lowest BCUT2D eigenvalue weighted by atomic mass is 10.0. The zero-order valence-corrected chi connectivity index (χ0v) is 14.0. The molecule has 5 N–H and O–H groups in total. The summed E-state index contributed by atoms with van der Waals surface area (Å²) in [6.07, 6.45) is -0.979. The highest BCUT2D eigenvalue weighted by molar-refractivity contribution is 5.82. The summed E-state index contributed by atoms with van der Waals surface area (Å²) in [5.74, 6) is -0.216. The molecule has 8 heteroatoms. The number of hydrogen-bond donors (Lipinski definition) is 4. The molecule has 0 radical (unpaired) electrons. The normalized spacial score (nSPS) is 14.4. The van der Waals surface area contributed by atoms with Crippen LogP contribution < -0.4 is 11.1 Å². The highest BCUT2D eigenvalue weighted by atomic mass is 16.3. The van der Waals surface area contributed by atoms with Gasteiger partial charge in [0.1, 0.15) is 12.1 Å². The van der Waals surface area contributed by atoms with Gasteiger partial charge in [0.25, 0.3) is 5.91 Å². The molecule has 0 saturated carbocycles. The summed E-state index contributed by atoms with van der Waals surface area (Å²) in [5.41, 5.74) is 7.75. The average Bonchev–Trinajstić information content (AvgIpc) is 3.21. The summed E-state index contributed by atoms with van der Waals surface area (Å²) in [7, 11) is 0. The molecule has 3 atom stereocenters. The average molecular weight is 352 g/mol. The fraction of sp³-hybridized carbons (Fsp3) is 0.222. The van der Waals surface area contributed by atoms with Gasteiger partial charge in [0.15, 0.2) is 5.82 Å². The Balaban J connectivity index is 1.71. The Hall–Kier alpha value is -3.10. The van der Waals surface area contributed by atoms with Crippen molar-refractivity contribution in [3.63, 3.8) is 0 Å². The Morgan fingerprint density at radius 2 is 1.77 bits per heavy atom. The minimum Gasteiger partial charge on any atom is -0.382 e. The van der Waals surface area contributed by atoms with E-state index >= 15 is 0 Å². The number of amides is 1. The van der Waals surface area contributed by atoms with E-state index in [-0.39, 0.29) is 0 Å². The van der Waals surface area contributed by atoms with E-state index in [1.165, 1.54) is 0 Å². The van der Waals surface area contributed by atoms with Gasteiger partial charge in [0, 0.05) is 6.04 Å². The van der Waals surface area contributed by atoms with E-state index in [0.717, 1.165) is 11.1 Å². The Labute approximate surface area is 150 Å². The number of rotatable bonds is 7. The van der Waals surface area contributed by atoms with E-state index in [0.29, 0.717) is 12.2 Å². The van der Waals surface area contributed by atoms with Crippen LogP contribution in [0.15, 0.2) is 60.7 Å².